The number of aromatic amines is 1. The van der Waals surface area contributed by atoms with Gasteiger partial charge in [0.15, 0.2) is 0 Å². The Kier molecular flexibility index (Phi) is 2.53. The molecule has 0 aliphatic rings. The number of rotatable bonds is 1. The predicted octanol–water partition coefficient (Wildman–Crippen LogP) is 1.05. The molecule has 1 rings (SSSR count). The maximum absolute atomic E-state index is 10.9. The number of nitrogens with zero attached hydrogens (tertiary/aromatic N) is 1. The van der Waals surface area contributed by atoms with Crippen LogP contribution >= 0.6 is 22.6 Å². The molecule has 1 heterocycles. The minimum Gasteiger partial charge on any atom is -0.363 e. The average Bonchev–Trinajstić information content (AvgIpc) is 1.94. The summed E-state index contributed by atoms with van der Waals surface area (Å²) in [5, 5.41) is 0. The van der Waals surface area contributed by atoms with E-state index < -0.39 is 0 Å². The lowest BCUT2D eigenvalue weighted by Gasteiger charge is -2.12. The Bertz CT molecular complexity index is 306. The number of pyridine rings is 1. The molecule has 0 aliphatic heterocycles. The molecule has 0 aliphatic carbocycles. The molecule has 0 amide bonds. The quantitative estimate of drug-likeness (QED) is 0.769. The Morgan fingerprint density at radius 1 is 1.45 bits per heavy atom. The van der Waals surface area contributed by atoms with E-state index in [4.69, 9.17) is 0 Å². The molecule has 0 radical (unpaired) electrons. The smallest absolute Gasteiger partial charge is 0.249 e. The highest BCUT2D eigenvalue weighted by atomic mass is 127. The summed E-state index contributed by atoms with van der Waals surface area (Å²) in [7, 11) is 3.79. The summed E-state index contributed by atoms with van der Waals surface area (Å²) in [6.45, 7) is 0. The first kappa shape index (κ1) is 8.58. The molecule has 0 spiro atoms. The fraction of sp³-hybridized carbons (Fsp3) is 0.286. The Labute approximate surface area is 78.6 Å². The van der Waals surface area contributed by atoms with Gasteiger partial charge in [0.25, 0.3) is 0 Å². The molecule has 0 aromatic carbocycles. The molecule has 60 valence electrons. The van der Waals surface area contributed by atoms with Crippen LogP contribution in [0.15, 0.2) is 16.9 Å². The molecule has 0 saturated carbocycles. The van der Waals surface area contributed by atoms with Crippen LogP contribution in [0.25, 0.3) is 0 Å². The van der Waals surface area contributed by atoms with Gasteiger partial charge in [-0.3, -0.25) is 4.79 Å². The Morgan fingerprint density at radius 3 is 2.55 bits per heavy atom. The monoisotopic (exact) mass is 264 g/mol. The highest BCUT2D eigenvalue weighted by molar-refractivity contribution is 14.1. The zero-order valence-corrected chi connectivity index (χ0v) is 8.55. The van der Waals surface area contributed by atoms with Gasteiger partial charge in [0, 0.05) is 20.2 Å². The molecule has 11 heavy (non-hydrogen) atoms. The van der Waals surface area contributed by atoms with Crippen molar-refractivity contribution < 1.29 is 0 Å². The van der Waals surface area contributed by atoms with Gasteiger partial charge in [-0.2, -0.15) is 0 Å². The summed E-state index contributed by atoms with van der Waals surface area (Å²) in [6.07, 6.45) is 0. The van der Waals surface area contributed by atoms with Crippen molar-refractivity contribution in [1.29, 1.82) is 0 Å². The van der Waals surface area contributed by atoms with Crippen molar-refractivity contribution in [3.8, 4) is 0 Å². The van der Waals surface area contributed by atoms with Gasteiger partial charge in [0.05, 0.1) is 3.57 Å². The molecule has 0 bridgehead atoms. The van der Waals surface area contributed by atoms with Gasteiger partial charge in [-0.25, -0.2) is 0 Å². The van der Waals surface area contributed by atoms with Crippen LogP contribution in [-0.4, -0.2) is 19.1 Å². The highest BCUT2D eigenvalue weighted by Gasteiger charge is 2.00. The minimum atomic E-state index is -0.0610. The van der Waals surface area contributed by atoms with Crippen LogP contribution < -0.4 is 10.5 Å². The summed E-state index contributed by atoms with van der Waals surface area (Å²) in [5.41, 5.74) is -0.0610. The summed E-state index contributed by atoms with van der Waals surface area (Å²) < 4.78 is 1.05. The molecule has 0 unspecified atom stereocenters. The molecule has 0 fully saturated rings. The minimum absolute atomic E-state index is 0.0610. The predicted molar refractivity (Wildman–Crippen MR) is 54.1 cm³/mol. The van der Waals surface area contributed by atoms with E-state index >= 15 is 0 Å². The largest absolute Gasteiger partial charge is 0.363 e. The second kappa shape index (κ2) is 3.25. The van der Waals surface area contributed by atoms with Crippen LogP contribution in [0.4, 0.5) is 5.82 Å². The third kappa shape index (κ3) is 1.95. The number of nitrogens with one attached hydrogen (secondary N) is 1. The van der Waals surface area contributed by atoms with E-state index in [1.807, 2.05) is 19.0 Å². The third-order valence-electron chi connectivity index (χ3n) is 1.30. The highest BCUT2D eigenvalue weighted by Crippen LogP contribution is 2.14. The number of hydrogen-bond donors (Lipinski definition) is 1. The fourth-order valence-corrected chi connectivity index (χ4v) is 1.57. The SMILES string of the molecule is CN(C)c1[nH]c(=O)ccc1I. The second-order valence-electron chi connectivity index (χ2n) is 2.41. The zero-order valence-electron chi connectivity index (χ0n) is 6.39. The maximum atomic E-state index is 10.9. The number of H-pyrrole nitrogens is 1. The molecule has 0 saturated heterocycles. The van der Waals surface area contributed by atoms with E-state index in [0.29, 0.717) is 0 Å². The Morgan fingerprint density at radius 2 is 2.09 bits per heavy atom. The first-order valence-corrected chi connectivity index (χ1v) is 4.25. The lowest BCUT2D eigenvalue weighted by Crippen LogP contribution is -2.17. The maximum Gasteiger partial charge on any atom is 0.249 e. The second-order valence-corrected chi connectivity index (χ2v) is 3.58. The molecule has 1 aromatic heterocycles. The van der Waals surface area contributed by atoms with Crippen LogP contribution in [0.5, 0.6) is 0 Å². The van der Waals surface area contributed by atoms with Gasteiger partial charge in [0.1, 0.15) is 5.82 Å². The van der Waals surface area contributed by atoms with E-state index in [-0.39, 0.29) is 5.56 Å². The van der Waals surface area contributed by atoms with Crippen molar-refractivity contribution in [1.82, 2.24) is 4.98 Å². The molecular weight excluding hydrogens is 255 g/mol. The topological polar surface area (TPSA) is 36.1 Å². The number of anilines is 1. The van der Waals surface area contributed by atoms with Crippen molar-refractivity contribution in [2.45, 2.75) is 0 Å². The van der Waals surface area contributed by atoms with Crippen LogP contribution in [0.3, 0.4) is 0 Å². The molecule has 3 nitrogen and oxygen atoms in total. The number of aromatic nitrogens is 1. The van der Waals surface area contributed by atoms with Gasteiger partial charge in [-0.15, -0.1) is 0 Å². The first-order chi connectivity index (χ1) is 5.11. The lowest BCUT2D eigenvalue weighted by atomic mass is 10.4. The Hall–Kier alpha value is -0.520. The fourth-order valence-electron chi connectivity index (χ4n) is 0.771. The first-order valence-electron chi connectivity index (χ1n) is 3.17. The van der Waals surface area contributed by atoms with Crippen molar-refractivity contribution in [2.75, 3.05) is 19.0 Å². The molecule has 4 heteroatoms. The van der Waals surface area contributed by atoms with Gasteiger partial charge < -0.3 is 9.88 Å². The number of hydrogen-bond acceptors (Lipinski definition) is 2. The lowest BCUT2D eigenvalue weighted by molar-refractivity contribution is 1.04. The van der Waals surface area contributed by atoms with Crippen molar-refractivity contribution >= 4 is 28.4 Å². The Balaban J connectivity index is 3.23. The average molecular weight is 264 g/mol. The van der Waals surface area contributed by atoms with Crippen molar-refractivity contribution in [3.05, 3.63) is 26.1 Å². The number of halogens is 1. The van der Waals surface area contributed by atoms with E-state index in [1.165, 1.54) is 6.07 Å². The van der Waals surface area contributed by atoms with Crippen LogP contribution in [-0.2, 0) is 0 Å². The summed E-state index contributed by atoms with van der Waals surface area (Å²) in [5.74, 6) is 0.859. The van der Waals surface area contributed by atoms with Crippen molar-refractivity contribution in [3.63, 3.8) is 0 Å². The third-order valence-corrected chi connectivity index (χ3v) is 2.17. The molecular formula is C7H9IN2O. The van der Waals surface area contributed by atoms with Crippen LogP contribution in [0.2, 0.25) is 0 Å². The van der Waals surface area contributed by atoms with Gasteiger partial charge in [-0.05, 0) is 28.7 Å². The van der Waals surface area contributed by atoms with Gasteiger partial charge in [-0.1, -0.05) is 0 Å². The van der Waals surface area contributed by atoms with Gasteiger partial charge in [0.2, 0.25) is 5.56 Å². The van der Waals surface area contributed by atoms with Gasteiger partial charge >= 0.3 is 0 Å². The normalized spacial score (nSPS) is 9.73. The summed E-state index contributed by atoms with van der Waals surface area (Å²) >= 11 is 2.18. The van der Waals surface area contributed by atoms with Crippen molar-refractivity contribution in [2.24, 2.45) is 0 Å². The molecule has 1 N–H and O–H groups in total. The zero-order chi connectivity index (χ0) is 8.43. The standard InChI is InChI=1S/C7H9IN2O/c1-10(2)7-5(8)3-4-6(11)9-7/h3-4H,1-2H3,(H,9,11). The van der Waals surface area contributed by atoms with Crippen LogP contribution in [0, 0.1) is 3.57 Å². The van der Waals surface area contributed by atoms with E-state index in [9.17, 15) is 4.79 Å². The van der Waals surface area contributed by atoms with E-state index in [0.717, 1.165) is 9.39 Å². The summed E-state index contributed by atoms with van der Waals surface area (Å²) in [6, 6.07) is 3.32. The summed E-state index contributed by atoms with van der Waals surface area (Å²) in [4.78, 5) is 15.5. The van der Waals surface area contributed by atoms with E-state index in [2.05, 4.69) is 27.6 Å². The van der Waals surface area contributed by atoms with E-state index in [1.54, 1.807) is 6.07 Å². The molecule has 0 atom stereocenters. The van der Waals surface area contributed by atoms with Crippen LogP contribution in [0.1, 0.15) is 0 Å². The molecule has 1 aromatic rings.